The van der Waals surface area contributed by atoms with Crippen molar-refractivity contribution in [2.75, 3.05) is 0 Å². The van der Waals surface area contributed by atoms with Crippen molar-refractivity contribution in [1.29, 1.82) is 0 Å². The lowest BCUT2D eigenvalue weighted by Gasteiger charge is -2.05. The van der Waals surface area contributed by atoms with Crippen LogP contribution >= 0.6 is 23.2 Å². The lowest BCUT2D eigenvalue weighted by atomic mass is 10.1. The van der Waals surface area contributed by atoms with Gasteiger partial charge < -0.3 is 9.38 Å². The Labute approximate surface area is 154 Å². The van der Waals surface area contributed by atoms with E-state index in [1.807, 2.05) is 53.1 Å². The molecule has 4 rings (SSSR count). The van der Waals surface area contributed by atoms with Gasteiger partial charge >= 0.3 is 0 Å². The van der Waals surface area contributed by atoms with E-state index in [4.69, 9.17) is 23.2 Å². The third-order valence-corrected chi connectivity index (χ3v) is 4.99. The van der Waals surface area contributed by atoms with E-state index < -0.39 is 0 Å². The standard InChI is InChI=1S/C20H16Cl2N2O/c1-2-16-17-10-14(22)7-8-18(17)24-11-15(23-20(25)19(16)24)9-12-3-5-13(21)6-4-12/h3-8,10-11H,2,9H2,1H3,(H,23,25). The quantitative estimate of drug-likeness (QED) is 0.525. The lowest BCUT2D eigenvalue weighted by molar-refractivity contribution is 0.992. The summed E-state index contributed by atoms with van der Waals surface area (Å²) in [5, 5.41) is 2.41. The zero-order chi connectivity index (χ0) is 17.6. The SMILES string of the molecule is CCc1c2cc(Cl)ccc2n2cc(Cc3ccc(Cl)cc3)[nH]c(=O)c12. The Morgan fingerprint density at radius 3 is 2.48 bits per heavy atom. The van der Waals surface area contributed by atoms with Crippen LogP contribution in [0.3, 0.4) is 0 Å². The molecule has 0 atom stereocenters. The second-order valence-electron chi connectivity index (χ2n) is 6.12. The second-order valence-corrected chi connectivity index (χ2v) is 7.00. The minimum Gasteiger partial charge on any atom is -0.323 e. The molecule has 2 aromatic heterocycles. The molecule has 5 heteroatoms. The summed E-state index contributed by atoms with van der Waals surface area (Å²) in [6, 6.07) is 13.4. The molecule has 0 aliphatic rings. The maximum Gasteiger partial charge on any atom is 0.272 e. The first-order valence-electron chi connectivity index (χ1n) is 8.15. The molecular weight excluding hydrogens is 355 g/mol. The van der Waals surface area contributed by atoms with Crippen LogP contribution in [0.5, 0.6) is 0 Å². The number of nitrogens with one attached hydrogen (secondary N) is 1. The minimum absolute atomic E-state index is 0.0735. The second kappa shape index (κ2) is 6.25. The molecule has 0 amide bonds. The van der Waals surface area contributed by atoms with Crippen molar-refractivity contribution in [3.63, 3.8) is 0 Å². The van der Waals surface area contributed by atoms with Crippen LogP contribution in [-0.4, -0.2) is 9.38 Å². The van der Waals surface area contributed by atoms with Crippen LogP contribution in [0.1, 0.15) is 23.7 Å². The van der Waals surface area contributed by atoms with Gasteiger partial charge in [-0.05, 0) is 47.9 Å². The number of aromatic nitrogens is 2. The van der Waals surface area contributed by atoms with Crippen LogP contribution in [0.25, 0.3) is 16.4 Å². The number of rotatable bonds is 3. The monoisotopic (exact) mass is 370 g/mol. The molecule has 0 bridgehead atoms. The number of hydrogen-bond acceptors (Lipinski definition) is 1. The average Bonchev–Trinajstić information content (AvgIpc) is 2.90. The first-order valence-corrected chi connectivity index (χ1v) is 8.91. The molecule has 0 unspecified atom stereocenters. The Morgan fingerprint density at radius 2 is 1.76 bits per heavy atom. The average molecular weight is 371 g/mol. The smallest absolute Gasteiger partial charge is 0.272 e. The highest BCUT2D eigenvalue weighted by atomic mass is 35.5. The van der Waals surface area contributed by atoms with Gasteiger partial charge in [0.15, 0.2) is 0 Å². The summed E-state index contributed by atoms with van der Waals surface area (Å²) < 4.78 is 1.98. The molecule has 1 N–H and O–H groups in total. The molecule has 2 heterocycles. The van der Waals surface area contributed by atoms with Gasteiger partial charge in [-0.15, -0.1) is 0 Å². The van der Waals surface area contributed by atoms with Crippen LogP contribution in [-0.2, 0) is 12.8 Å². The van der Waals surface area contributed by atoms with Crippen molar-refractivity contribution >= 4 is 39.6 Å². The van der Waals surface area contributed by atoms with E-state index in [0.717, 1.165) is 34.1 Å². The van der Waals surface area contributed by atoms with Crippen LogP contribution in [0.15, 0.2) is 53.5 Å². The molecule has 2 aromatic carbocycles. The zero-order valence-corrected chi connectivity index (χ0v) is 15.2. The van der Waals surface area contributed by atoms with Gasteiger partial charge in [0.2, 0.25) is 0 Å². The van der Waals surface area contributed by atoms with Crippen molar-refractivity contribution in [3.05, 3.63) is 85.9 Å². The number of hydrogen-bond donors (Lipinski definition) is 1. The summed E-state index contributed by atoms with van der Waals surface area (Å²) in [5.41, 5.74) is 4.59. The number of H-pyrrole nitrogens is 1. The first-order chi connectivity index (χ1) is 12.1. The molecule has 0 spiro atoms. The third-order valence-electron chi connectivity index (χ3n) is 4.51. The predicted molar refractivity (Wildman–Crippen MR) is 104 cm³/mol. The fourth-order valence-corrected chi connectivity index (χ4v) is 3.70. The largest absolute Gasteiger partial charge is 0.323 e. The lowest BCUT2D eigenvalue weighted by Crippen LogP contribution is -2.13. The highest BCUT2D eigenvalue weighted by Gasteiger charge is 2.15. The Bertz CT molecular complexity index is 1140. The van der Waals surface area contributed by atoms with Gasteiger partial charge in [0.25, 0.3) is 5.56 Å². The van der Waals surface area contributed by atoms with E-state index in [0.29, 0.717) is 22.0 Å². The van der Waals surface area contributed by atoms with Gasteiger partial charge in [0.1, 0.15) is 5.52 Å². The van der Waals surface area contributed by atoms with E-state index in [2.05, 4.69) is 11.9 Å². The number of aryl methyl sites for hydroxylation is 1. The number of fused-ring (bicyclic) bond motifs is 3. The molecule has 0 radical (unpaired) electrons. The molecular formula is C20H16Cl2N2O. The molecule has 0 saturated heterocycles. The van der Waals surface area contributed by atoms with Gasteiger partial charge in [0, 0.05) is 33.7 Å². The van der Waals surface area contributed by atoms with Gasteiger partial charge in [-0.1, -0.05) is 42.3 Å². The number of nitrogens with zero attached hydrogens (tertiary/aromatic N) is 1. The van der Waals surface area contributed by atoms with Crippen LogP contribution in [0, 0.1) is 0 Å². The first kappa shape index (κ1) is 16.2. The Balaban J connectivity index is 1.93. The summed E-state index contributed by atoms with van der Waals surface area (Å²) in [7, 11) is 0. The summed E-state index contributed by atoms with van der Waals surface area (Å²) in [5.74, 6) is 0. The Morgan fingerprint density at radius 1 is 1.04 bits per heavy atom. The zero-order valence-electron chi connectivity index (χ0n) is 13.6. The highest BCUT2D eigenvalue weighted by Crippen LogP contribution is 2.28. The molecule has 0 fully saturated rings. The fraction of sp³-hybridized carbons (Fsp3) is 0.150. The van der Waals surface area contributed by atoms with E-state index in [-0.39, 0.29) is 5.56 Å². The van der Waals surface area contributed by atoms with Crippen molar-refractivity contribution < 1.29 is 0 Å². The van der Waals surface area contributed by atoms with Crippen LogP contribution < -0.4 is 5.56 Å². The van der Waals surface area contributed by atoms with Crippen molar-refractivity contribution in [2.24, 2.45) is 0 Å². The number of aromatic amines is 1. The Hall–Kier alpha value is -2.23. The molecule has 25 heavy (non-hydrogen) atoms. The Kier molecular flexibility index (Phi) is 4.06. The summed E-state index contributed by atoms with van der Waals surface area (Å²) >= 11 is 12.1. The number of benzene rings is 2. The van der Waals surface area contributed by atoms with Gasteiger partial charge in [-0.2, -0.15) is 0 Å². The number of halogens is 2. The van der Waals surface area contributed by atoms with Crippen molar-refractivity contribution in [2.45, 2.75) is 19.8 Å². The third kappa shape index (κ3) is 2.84. The summed E-state index contributed by atoms with van der Waals surface area (Å²) in [4.78, 5) is 15.8. The van der Waals surface area contributed by atoms with Crippen molar-refractivity contribution in [3.8, 4) is 0 Å². The van der Waals surface area contributed by atoms with E-state index in [9.17, 15) is 4.79 Å². The van der Waals surface area contributed by atoms with Crippen LogP contribution in [0.4, 0.5) is 0 Å². The molecule has 3 nitrogen and oxygen atoms in total. The van der Waals surface area contributed by atoms with E-state index in [1.54, 1.807) is 0 Å². The van der Waals surface area contributed by atoms with Crippen LogP contribution in [0.2, 0.25) is 10.0 Å². The molecule has 0 saturated carbocycles. The van der Waals surface area contributed by atoms with Gasteiger partial charge in [-0.3, -0.25) is 4.79 Å². The highest BCUT2D eigenvalue weighted by molar-refractivity contribution is 6.31. The van der Waals surface area contributed by atoms with Gasteiger partial charge in [0.05, 0.1) is 5.52 Å². The molecule has 4 aromatic rings. The maximum atomic E-state index is 12.7. The maximum absolute atomic E-state index is 12.7. The van der Waals surface area contributed by atoms with Gasteiger partial charge in [-0.25, -0.2) is 0 Å². The predicted octanol–water partition coefficient (Wildman–Crippen LogP) is 5.24. The fourth-order valence-electron chi connectivity index (χ4n) is 3.40. The molecule has 0 aliphatic carbocycles. The normalized spacial score (nSPS) is 11.5. The van der Waals surface area contributed by atoms with Crippen molar-refractivity contribution in [1.82, 2.24) is 9.38 Å². The molecule has 0 aliphatic heterocycles. The summed E-state index contributed by atoms with van der Waals surface area (Å²) in [6.07, 6.45) is 3.41. The topological polar surface area (TPSA) is 37.3 Å². The van der Waals surface area contributed by atoms with E-state index in [1.165, 1.54) is 0 Å². The summed E-state index contributed by atoms with van der Waals surface area (Å²) in [6.45, 7) is 2.05. The molecule has 126 valence electrons. The minimum atomic E-state index is -0.0735. The van der Waals surface area contributed by atoms with E-state index >= 15 is 0 Å².